The van der Waals surface area contributed by atoms with Gasteiger partial charge >= 0.3 is 0 Å². The van der Waals surface area contributed by atoms with E-state index in [0.717, 1.165) is 11.1 Å². The van der Waals surface area contributed by atoms with E-state index in [-0.39, 0.29) is 18.0 Å². The lowest BCUT2D eigenvalue weighted by atomic mass is 10.1. The van der Waals surface area contributed by atoms with Crippen LogP contribution in [0.25, 0.3) is 0 Å². The summed E-state index contributed by atoms with van der Waals surface area (Å²) in [5.41, 5.74) is 2.12. The summed E-state index contributed by atoms with van der Waals surface area (Å²) < 4.78 is 37.9. The fourth-order valence-corrected chi connectivity index (χ4v) is 4.39. The van der Waals surface area contributed by atoms with Crippen LogP contribution in [0.2, 0.25) is 0 Å². The van der Waals surface area contributed by atoms with Gasteiger partial charge in [-0.2, -0.15) is 0 Å². The second kappa shape index (κ2) is 11.0. The van der Waals surface area contributed by atoms with Crippen LogP contribution < -0.4 is 19.7 Å². The number of aryl methyl sites for hydroxylation is 2. The van der Waals surface area contributed by atoms with E-state index in [2.05, 4.69) is 10.0 Å². The number of amides is 2. The van der Waals surface area contributed by atoms with Gasteiger partial charge in [0.25, 0.3) is 0 Å². The zero-order valence-corrected chi connectivity index (χ0v) is 20.0. The summed E-state index contributed by atoms with van der Waals surface area (Å²) in [6.07, 6.45) is 1.50. The van der Waals surface area contributed by atoms with E-state index in [4.69, 9.17) is 9.15 Å². The van der Waals surface area contributed by atoms with E-state index < -0.39 is 28.4 Å². The Labute approximate surface area is 198 Å². The van der Waals surface area contributed by atoms with Crippen LogP contribution >= 0.6 is 0 Å². The van der Waals surface area contributed by atoms with Gasteiger partial charge in [-0.15, -0.1) is 0 Å². The van der Waals surface area contributed by atoms with E-state index in [9.17, 15) is 18.0 Å². The summed E-state index contributed by atoms with van der Waals surface area (Å²) in [5, 5.41) is 2.71. The van der Waals surface area contributed by atoms with Crippen LogP contribution in [0.15, 0.2) is 70.2 Å². The summed E-state index contributed by atoms with van der Waals surface area (Å²) in [4.78, 5) is 27.1. The number of carbonyl (C=O) groups is 2. The van der Waals surface area contributed by atoms with Crippen LogP contribution in [0.5, 0.6) is 5.75 Å². The third kappa shape index (κ3) is 6.24. The Morgan fingerprint density at radius 1 is 1.00 bits per heavy atom. The molecule has 0 aliphatic heterocycles. The summed E-state index contributed by atoms with van der Waals surface area (Å²) in [5.74, 6) is 0.107. The quantitative estimate of drug-likeness (QED) is 0.456. The van der Waals surface area contributed by atoms with E-state index in [1.165, 1.54) is 42.5 Å². The number of carbonyl (C=O) groups excluding carboxylic acids is 2. The number of rotatable bonds is 10. The number of hydrogen-bond acceptors (Lipinski definition) is 6. The van der Waals surface area contributed by atoms with E-state index >= 15 is 0 Å². The Hall–Kier alpha value is -3.63. The molecule has 180 valence electrons. The van der Waals surface area contributed by atoms with E-state index in [0.29, 0.717) is 17.2 Å². The number of methoxy groups -OCH3 is 1. The average molecular weight is 486 g/mol. The van der Waals surface area contributed by atoms with Crippen molar-refractivity contribution < 1.29 is 27.2 Å². The highest BCUT2D eigenvalue weighted by Gasteiger charge is 2.24. The van der Waals surface area contributed by atoms with Gasteiger partial charge in [0.2, 0.25) is 21.8 Å². The Balaban J connectivity index is 1.76. The van der Waals surface area contributed by atoms with Crippen molar-refractivity contribution in [3.8, 4) is 5.75 Å². The van der Waals surface area contributed by atoms with Crippen molar-refractivity contribution in [3.05, 3.63) is 77.7 Å². The molecular weight excluding hydrogens is 458 g/mol. The molecule has 9 nitrogen and oxygen atoms in total. The maximum absolute atomic E-state index is 13.2. The van der Waals surface area contributed by atoms with Crippen molar-refractivity contribution >= 4 is 27.5 Å². The number of para-hydroxylation sites is 1. The van der Waals surface area contributed by atoms with Crippen LogP contribution in [-0.4, -0.2) is 40.4 Å². The monoisotopic (exact) mass is 485 g/mol. The molecule has 0 atom stereocenters. The van der Waals surface area contributed by atoms with Crippen LogP contribution in [0, 0.1) is 13.8 Å². The molecular formula is C24H27N3O6S. The van der Waals surface area contributed by atoms with Crippen molar-refractivity contribution in [2.45, 2.75) is 25.3 Å². The second-order valence-electron chi connectivity index (χ2n) is 7.58. The van der Waals surface area contributed by atoms with Gasteiger partial charge in [0.05, 0.1) is 37.0 Å². The van der Waals surface area contributed by atoms with Crippen molar-refractivity contribution in [1.29, 1.82) is 0 Å². The molecule has 1 aromatic heterocycles. The number of nitrogens with one attached hydrogen (secondary N) is 2. The van der Waals surface area contributed by atoms with Crippen molar-refractivity contribution in [2.24, 2.45) is 0 Å². The average Bonchev–Trinajstić information content (AvgIpc) is 3.34. The maximum atomic E-state index is 13.2. The molecule has 10 heteroatoms. The smallest absolute Gasteiger partial charge is 0.242 e. The fraction of sp³-hybridized carbons (Fsp3) is 0.250. The molecule has 0 radical (unpaired) electrons. The first-order valence-electron chi connectivity index (χ1n) is 10.5. The number of nitrogens with zero attached hydrogens (tertiary/aromatic N) is 1. The van der Waals surface area contributed by atoms with Gasteiger partial charge in [0, 0.05) is 0 Å². The molecule has 0 aliphatic carbocycles. The minimum Gasteiger partial charge on any atom is -0.497 e. The summed E-state index contributed by atoms with van der Waals surface area (Å²) in [7, 11) is -2.47. The second-order valence-corrected chi connectivity index (χ2v) is 9.34. The SMILES string of the molecule is COc1ccc(S(=O)(=O)NCC(=O)N(CC(=O)NCc2ccco2)c2c(C)cccc2C)cc1. The minimum absolute atomic E-state index is 0.00378. The lowest BCUT2D eigenvalue weighted by Crippen LogP contribution is -2.45. The molecule has 2 amide bonds. The molecule has 0 saturated carbocycles. The number of sulfonamides is 1. The first-order valence-corrected chi connectivity index (χ1v) is 12.0. The van der Waals surface area contributed by atoms with Gasteiger partial charge in [-0.25, -0.2) is 13.1 Å². The Morgan fingerprint density at radius 3 is 2.26 bits per heavy atom. The van der Waals surface area contributed by atoms with Crippen molar-refractivity contribution in [3.63, 3.8) is 0 Å². The molecule has 2 N–H and O–H groups in total. The number of ether oxygens (including phenoxy) is 1. The first-order chi connectivity index (χ1) is 16.2. The molecule has 0 unspecified atom stereocenters. The molecule has 0 fully saturated rings. The van der Waals surface area contributed by atoms with Gasteiger partial charge < -0.3 is 19.4 Å². The third-order valence-corrected chi connectivity index (χ3v) is 6.55. The Morgan fingerprint density at radius 2 is 1.68 bits per heavy atom. The third-order valence-electron chi connectivity index (χ3n) is 5.14. The molecule has 34 heavy (non-hydrogen) atoms. The van der Waals surface area contributed by atoms with Crippen LogP contribution in [0.4, 0.5) is 5.69 Å². The standard InChI is InChI=1S/C24H27N3O6S/c1-17-6-4-7-18(2)24(17)27(16-22(28)25-14-20-8-5-13-33-20)23(29)15-26-34(30,31)21-11-9-19(32-3)10-12-21/h4-13,26H,14-16H2,1-3H3,(H,25,28). The van der Waals surface area contributed by atoms with Gasteiger partial charge in [-0.1, -0.05) is 18.2 Å². The van der Waals surface area contributed by atoms with Crippen molar-refractivity contribution in [1.82, 2.24) is 10.0 Å². The molecule has 2 aromatic carbocycles. The highest BCUT2D eigenvalue weighted by Crippen LogP contribution is 2.25. The van der Waals surface area contributed by atoms with Crippen LogP contribution in [-0.2, 0) is 26.2 Å². The first kappa shape index (κ1) is 25.0. The van der Waals surface area contributed by atoms with Gasteiger partial charge in [-0.3, -0.25) is 9.59 Å². The molecule has 0 saturated heterocycles. The normalized spacial score (nSPS) is 11.1. The van der Waals surface area contributed by atoms with Crippen LogP contribution in [0.1, 0.15) is 16.9 Å². The number of furan rings is 1. The zero-order valence-electron chi connectivity index (χ0n) is 19.2. The molecule has 3 aromatic rings. The van der Waals surface area contributed by atoms with Gasteiger partial charge in [0.1, 0.15) is 18.1 Å². The molecule has 3 rings (SSSR count). The fourth-order valence-electron chi connectivity index (χ4n) is 3.41. The minimum atomic E-state index is -3.95. The lowest BCUT2D eigenvalue weighted by Gasteiger charge is -2.26. The predicted molar refractivity (Wildman–Crippen MR) is 127 cm³/mol. The molecule has 1 heterocycles. The predicted octanol–water partition coefficient (Wildman–Crippen LogP) is 2.53. The number of benzene rings is 2. The lowest BCUT2D eigenvalue weighted by molar-refractivity contribution is -0.123. The summed E-state index contributed by atoms with van der Waals surface area (Å²) in [6.45, 7) is 3.02. The van der Waals surface area contributed by atoms with Crippen LogP contribution in [0.3, 0.4) is 0 Å². The number of anilines is 1. The largest absolute Gasteiger partial charge is 0.497 e. The molecule has 0 bridgehead atoms. The van der Waals surface area contributed by atoms with Crippen molar-refractivity contribution in [2.75, 3.05) is 25.1 Å². The number of hydrogen-bond donors (Lipinski definition) is 2. The zero-order chi connectivity index (χ0) is 24.7. The summed E-state index contributed by atoms with van der Waals surface area (Å²) in [6, 6.07) is 14.7. The highest BCUT2D eigenvalue weighted by atomic mass is 32.2. The Bertz CT molecular complexity index is 1220. The molecule has 0 spiro atoms. The summed E-state index contributed by atoms with van der Waals surface area (Å²) >= 11 is 0. The van der Waals surface area contributed by atoms with Gasteiger partial charge in [0.15, 0.2) is 0 Å². The van der Waals surface area contributed by atoms with E-state index in [1.807, 2.05) is 32.0 Å². The van der Waals surface area contributed by atoms with Gasteiger partial charge in [-0.05, 0) is 61.4 Å². The Kier molecular flexibility index (Phi) is 8.08. The van der Waals surface area contributed by atoms with E-state index in [1.54, 1.807) is 12.1 Å². The highest BCUT2D eigenvalue weighted by molar-refractivity contribution is 7.89. The topological polar surface area (TPSA) is 118 Å². The molecule has 0 aliphatic rings. The maximum Gasteiger partial charge on any atom is 0.242 e.